The fraction of sp³-hybridized carbons (Fsp3) is 0.556. The van der Waals surface area contributed by atoms with Gasteiger partial charge in [0.1, 0.15) is 0 Å². The van der Waals surface area contributed by atoms with Crippen LogP contribution >= 0.6 is 15.9 Å². The summed E-state index contributed by atoms with van der Waals surface area (Å²) in [6.45, 7) is 2.14. The van der Waals surface area contributed by atoms with E-state index in [0.717, 1.165) is 11.8 Å². The summed E-state index contributed by atoms with van der Waals surface area (Å²) in [6.07, 6.45) is 12.1. The van der Waals surface area contributed by atoms with Crippen molar-refractivity contribution < 1.29 is 0 Å². The normalized spacial score (nSPS) is 11.8. The molecule has 0 heterocycles. The fourth-order valence-electron chi connectivity index (χ4n) is 0.584. The van der Waals surface area contributed by atoms with Crippen molar-refractivity contribution in [3.05, 3.63) is 24.3 Å². The molecule has 0 aromatic rings. The van der Waals surface area contributed by atoms with E-state index in [9.17, 15) is 0 Å². The van der Waals surface area contributed by atoms with Gasteiger partial charge in [-0.3, -0.25) is 0 Å². The van der Waals surface area contributed by atoms with Crippen LogP contribution in [0.5, 0.6) is 0 Å². The van der Waals surface area contributed by atoms with Crippen LogP contribution < -0.4 is 0 Å². The zero-order valence-corrected chi connectivity index (χ0v) is 8.10. The van der Waals surface area contributed by atoms with Gasteiger partial charge >= 0.3 is 0 Å². The Morgan fingerprint density at radius 2 is 1.90 bits per heavy atom. The highest BCUT2D eigenvalue weighted by molar-refractivity contribution is 9.09. The first kappa shape index (κ1) is 9.96. The summed E-state index contributed by atoms with van der Waals surface area (Å²) in [5.41, 5.74) is 0. The minimum Gasteiger partial charge on any atom is -0.0928 e. The van der Waals surface area contributed by atoms with E-state index in [1.165, 1.54) is 12.8 Å². The van der Waals surface area contributed by atoms with Gasteiger partial charge in [0.05, 0.1) is 0 Å². The summed E-state index contributed by atoms with van der Waals surface area (Å²) in [5, 5.41) is 1.11. The van der Waals surface area contributed by atoms with Crippen LogP contribution in [0.1, 0.15) is 26.2 Å². The topological polar surface area (TPSA) is 0 Å². The summed E-state index contributed by atoms with van der Waals surface area (Å²) in [5.74, 6) is 0. The Morgan fingerprint density at radius 1 is 1.20 bits per heavy atom. The third-order valence-corrected chi connectivity index (χ3v) is 1.68. The Hall–Kier alpha value is -0.0400. The zero-order valence-electron chi connectivity index (χ0n) is 6.52. The predicted molar refractivity (Wildman–Crippen MR) is 51.6 cm³/mol. The van der Waals surface area contributed by atoms with E-state index in [4.69, 9.17) is 0 Å². The van der Waals surface area contributed by atoms with Crippen molar-refractivity contribution in [1.82, 2.24) is 0 Å². The first-order valence-corrected chi connectivity index (χ1v) is 4.91. The molecule has 0 rings (SSSR count). The summed E-state index contributed by atoms with van der Waals surface area (Å²) in [4.78, 5) is 0. The van der Waals surface area contributed by atoms with E-state index in [1.54, 1.807) is 0 Å². The third kappa shape index (κ3) is 7.96. The van der Waals surface area contributed by atoms with Gasteiger partial charge in [-0.05, 0) is 19.3 Å². The molecule has 58 valence electrons. The van der Waals surface area contributed by atoms with Gasteiger partial charge in [-0.1, -0.05) is 47.2 Å². The summed E-state index contributed by atoms with van der Waals surface area (Å²) < 4.78 is 0. The van der Waals surface area contributed by atoms with Crippen molar-refractivity contribution in [2.45, 2.75) is 26.2 Å². The Kier molecular flexibility index (Phi) is 8.92. The SMILES string of the molecule is CC/C=C\C=C\CCCBr. The average molecular weight is 203 g/mol. The van der Waals surface area contributed by atoms with Gasteiger partial charge in [0, 0.05) is 5.33 Å². The second-order valence-corrected chi connectivity index (χ2v) is 2.89. The van der Waals surface area contributed by atoms with Gasteiger partial charge < -0.3 is 0 Å². The van der Waals surface area contributed by atoms with Crippen molar-refractivity contribution >= 4 is 15.9 Å². The van der Waals surface area contributed by atoms with Gasteiger partial charge in [-0.15, -0.1) is 0 Å². The molecule has 10 heavy (non-hydrogen) atoms. The van der Waals surface area contributed by atoms with E-state index in [2.05, 4.69) is 47.2 Å². The first-order valence-electron chi connectivity index (χ1n) is 3.79. The number of allylic oxidation sites excluding steroid dienone is 4. The summed E-state index contributed by atoms with van der Waals surface area (Å²) in [7, 11) is 0. The Bertz CT molecular complexity index is 103. The lowest BCUT2D eigenvalue weighted by molar-refractivity contribution is 0.979. The molecular weight excluding hydrogens is 188 g/mol. The molecule has 0 saturated heterocycles. The average Bonchev–Trinajstić information content (AvgIpc) is 1.97. The maximum absolute atomic E-state index is 3.38. The molecule has 0 aromatic carbocycles. The zero-order chi connectivity index (χ0) is 7.66. The molecule has 0 bridgehead atoms. The number of alkyl halides is 1. The van der Waals surface area contributed by atoms with Crippen molar-refractivity contribution in [2.24, 2.45) is 0 Å². The number of hydrogen-bond donors (Lipinski definition) is 0. The Labute approximate surface area is 72.1 Å². The number of unbranched alkanes of at least 4 members (excludes halogenated alkanes) is 1. The summed E-state index contributed by atoms with van der Waals surface area (Å²) >= 11 is 3.38. The lowest BCUT2D eigenvalue weighted by Gasteiger charge is -1.84. The van der Waals surface area contributed by atoms with Crippen molar-refractivity contribution in [3.63, 3.8) is 0 Å². The second kappa shape index (κ2) is 8.96. The van der Waals surface area contributed by atoms with Crippen molar-refractivity contribution in [3.8, 4) is 0 Å². The van der Waals surface area contributed by atoms with Crippen LogP contribution in [0.2, 0.25) is 0 Å². The van der Waals surface area contributed by atoms with Gasteiger partial charge in [0.2, 0.25) is 0 Å². The van der Waals surface area contributed by atoms with Crippen LogP contribution in [0.15, 0.2) is 24.3 Å². The molecule has 0 unspecified atom stereocenters. The van der Waals surface area contributed by atoms with Crippen LogP contribution in [0.25, 0.3) is 0 Å². The maximum atomic E-state index is 3.38. The number of hydrogen-bond acceptors (Lipinski definition) is 0. The molecule has 0 aromatic heterocycles. The molecule has 0 aliphatic rings. The highest BCUT2D eigenvalue weighted by atomic mass is 79.9. The smallest absolute Gasteiger partial charge is 0.00342 e. The molecule has 0 saturated carbocycles. The molecule has 0 spiro atoms. The Morgan fingerprint density at radius 3 is 2.50 bits per heavy atom. The van der Waals surface area contributed by atoms with E-state index in [-0.39, 0.29) is 0 Å². The minimum absolute atomic E-state index is 1.11. The van der Waals surface area contributed by atoms with Gasteiger partial charge in [0.25, 0.3) is 0 Å². The van der Waals surface area contributed by atoms with E-state index < -0.39 is 0 Å². The number of rotatable bonds is 5. The predicted octanol–water partition coefficient (Wildman–Crippen LogP) is 3.68. The monoisotopic (exact) mass is 202 g/mol. The van der Waals surface area contributed by atoms with Gasteiger partial charge in [0.15, 0.2) is 0 Å². The van der Waals surface area contributed by atoms with Crippen LogP contribution in [-0.4, -0.2) is 5.33 Å². The highest BCUT2D eigenvalue weighted by Crippen LogP contribution is 1.95. The van der Waals surface area contributed by atoms with Gasteiger partial charge in [-0.25, -0.2) is 0 Å². The summed E-state index contributed by atoms with van der Waals surface area (Å²) in [6, 6.07) is 0. The molecule has 0 amide bonds. The number of halogens is 1. The molecule has 0 fully saturated rings. The van der Waals surface area contributed by atoms with Crippen LogP contribution in [0.3, 0.4) is 0 Å². The second-order valence-electron chi connectivity index (χ2n) is 2.10. The third-order valence-electron chi connectivity index (χ3n) is 1.12. The van der Waals surface area contributed by atoms with Crippen LogP contribution in [0, 0.1) is 0 Å². The fourth-order valence-corrected chi connectivity index (χ4v) is 0.908. The Balaban J connectivity index is 3.11. The quantitative estimate of drug-likeness (QED) is 0.363. The molecule has 0 radical (unpaired) electrons. The van der Waals surface area contributed by atoms with Crippen molar-refractivity contribution in [2.75, 3.05) is 5.33 Å². The lowest BCUT2D eigenvalue weighted by Crippen LogP contribution is -1.68. The molecule has 0 aliphatic heterocycles. The molecule has 0 aliphatic carbocycles. The molecule has 1 heteroatoms. The van der Waals surface area contributed by atoms with Crippen LogP contribution in [-0.2, 0) is 0 Å². The molecule has 0 N–H and O–H groups in total. The van der Waals surface area contributed by atoms with E-state index in [1.807, 2.05) is 0 Å². The lowest BCUT2D eigenvalue weighted by atomic mass is 10.3. The minimum atomic E-state index is 1.11. The van der Waals surface area contributed by atoms with E-state index in [0.29, 0.717) is 0 Å². The highest BCUT2D eigenvalue weighted by Gasteiger charge is 1.75. The standard InChI is InChI=1S/C9H15Br/c1-2-3-4-5-6-7-8-9-10/h3-6H,2,7-9H2,1H3/b4-3-,6-5+. The van der Waals surface area contributed by atoms with E-state index >= 15 is 0 Å². The molecule has 0 nitrogen and oxygen atoms in total. The largest absolute Gasteiger partial charge is 0.0928 e. The van der Waals surface area contributed by atoms with Gasteiger partial charge in [-0.2, -0.15) is 0 Å². The van der Waals surface area contributed by atoms with Crippen molar-refractivity contribution in [1.29, 1.82) is 0 Å². The van der Waals surface area contributed by atoms with Crippen LogP contribution in [0.4, 0.5) is 0 Å². The molecule has 0 atom stereocenters. The molecular formula is C9H15Br. The maximum Gasteiger partial charge on any atom is 0.00342 e. The first-order chi connectivity index (χ1) is 4.91.